The number of methoxy groups -OCH3 is 1. The molecule has 0 bridgehead atoms. The molecule has 1 aliphatic carbocycles. The van der Waals surface area contributed by atoms with Gasteiger partial charge in [-0.05, 0) is 12.8 Å². The molecular formula is C16H30ClN3O3. The van der Waals surface area contributed by atoms with Crippen LogP contribution in [0.25, 0.3) is 0 Å². The van der Waals surface area contributed by atoms with Crippen LogP contribution in [-0.4, -0.2) is 74.6 Å². The maximum atomic E-state index is 12.5. The first-order chi connectivity index (χ1) is 10.7. The Morgan fingerprint density at radius 1 is 1.04 bits per heavy atom. The number of carbonyl (C=O) groups is 2. The highest BCUT2D eigenvalue weighted by atomic mass is 35.5. The van der Waals surface area contributed by atoms with E-state index < -0.39 is 0 Å². The molecule has 0 unspecified atom stereocenters. The molecule has 1 saturated heterocycles. The molecule has 0 aromatic rings. The fourth-order valence-corrected chi connectivity index (χ4v) is 3.27. The molecule has 1 aliphatic heterocycles. The summed E-state index contributed by atoms with van der Waals surface area (Å²) in [7, 11) is 1.64. The van der Waals surface area contributed by atoms with E-state index in [2.05, 4.69) is 5.32 Å². The van der Waals surface area contributed by atoms with Gasteiger partial charge in [-0.1, -0.05) is 19.3 Å². The molecular weight excluding hydrogens is 318 g/mol. The quantitative estimate of drug-likeness (QED) is 0.725. The van der Waals surface area contributed by atoms with Crippen molar-refractivity contribution >= 4 is 24.2 Å². The zero-order chi connectivity index (χ0) is 15.8. The zero-order valence-electron chi connectivity index (χ0n) is 14.1. The Labute approximate surface area is 145 Å². The fourth-order valence-electron chi connectivity index (χ4n) is 3.27. The smallest absolute Gasteiger partial charge is 0.236 e. The molecule has 6 nitrogen and oxygen atoms in total. The molecule has 7 heteroatoms. The number of amides is 2. The molecule has 2 amide bonds. The Bertz CT molecular complexity index is 368. The maximum Gasteiger partial charge on any atom is 0.236 e. The summed E-state index contributed by atoms with van der Waals surface area (Å²) in [6, 6.07) is 0. The Morgan fingerprint density at radius 3 is 2.26 bits per heavy atom. The minimum Gasteiger partial charge on any atom is -0.383 e. The van der Waals surface area contributed by atoms with Gasteiger partial charge in [0, 0.05) is 45.8 Å². The number of halogens is 1. The third-order valence-corrected chi connectivity index (χ3v) is 4.66. The molecule has 1 saturated carbocycles. The number of hydrogen-bond donors (Lipinski definition) is 1. The molecule has 0 spiro atoms. The SMILES string of the molecule is COCCNCC(=O)N1CCN(C(=O)C2CCCCC2)CC1.Cl. The standard InChI is InChI=1S/C16H29N3O3.ClH/c1-22-12-7-17-13-15(20)18-8-10-19(11-9-18)16(21)14-5-3-2-4-6-14;/h14,17H,2-13H2,1H3;1H. The molecule has 134 valence electrons. The Kier molecular flexibility index (Phi) is 9.52. The van der Waals surface area contributed by atoms with Crippen molar-refractivity contribution in [1.29, 1.82) is 0 Å². The van der Waals surface area contributed by atoms with Crippen LogP contribution >= 0.6 is 12.4 Å². The topological polar surface area (TPSA) is 61.9 Å². The summed E-state index contributed by atoms with van der Waals surface area (Å²) in [6.07, 6.45) is 5.72. The summed E-state index contributed by atoms with van der Waals surface area (Å²) in [5.74, 6) is 0.651. The first-order valence-electron chi connectivity index (χ1n) is 8.48. The minimum absolute atomic E-state index is 0. The van der Waals surface area contributed by atoms with Crippen LogP contribution in [0.15, 0.2) is 0 Å². The first kappa shape index (κ1) is 20.2. The normalized spacial score (nSPS) is 19.3. The lowest BCUT2D eigenvalue weighted by Crippen LogP contribution is -2.53. The van der Waals surface area contributed by atoms with Gasteiger partial charge in [0.25, 0.3) is 0 Å². The van der Waals surface area contributed by atoms with E-state index >= 15 is 0 Å². The van der Waals surface area contributed by atoms with E-state index in [0.29, 0.717) is 51.8 Å². The largest absolute Gasteiger partial charge is 0.383 e. The summed E-state index contributed by atoms with van der Waals surface area (Å²) < 4.78 is 4.94. The van der Waals surface area contributed by atoms with Gasteiger partial charge >= 0.3 is 0 Å². The molecule has 0 radical (unpaired) electrons. The number of rotatable bonds is 6. The predicted molar refractivity (Wildman–Crippen MR) is 91.7 cm³/mol. The number of nitrogens with zero attached hydrogens (tertiary/aromatic N) is 2. The van der Waals surface area contributed by atoms with E-state index in [-0.39, 0.29) is 24.2 Å². The lowest BCUT2D eigenvalue weighted by Gasteiger charge is -2.37. The zero-order valence-corrected chi connectivity index (χ0v) is 14.9. The second-order valence-electron chi connectivity index (χ2n) is 6.21. The third kappa shape index (κ3) is 6.28. The van der Waals surface area contributed by atoms with Gasteiger partial charge in [-0.15, -0.1) is 12.4 Å². The van der Waals surface area contributed by atoms with Gasteiger partial charge in [0.15, 0.2) is 0 Å². The van der Waals surface area contributed by atoms with Crippen LogP contribution in [0.3, 0.4) is 0 Å². The molecule has 2 aliphatic rings. The van der Waals surface area contributed by atoms with E-state index in [4.69, 9.17) is 4.74 Å². The number of hydrogen-bond acceptors (Lipinski definition) is 4. The van der Waals surface area contributed by atoms with Crippen LogP contribution in [0.5, 0.6) is 0 Å². The second kappa shape index (κ2) is 10.8. The van der Waals surface area contributed by atoms with E-state index in [1.807, 2.05) is 9.80 Å². The molecule has 2 fully saturated rings. The molecule has 1 N–H and O–H groups in total. The summed E-state index contributed by atoms with van der Waals surface area (Å²) >= 11 is 0. The van der Waals surface area contributed by atoms with Gasteiger partial charge < -0.3 is 19.9 Å². The van der Waals surface area contributed by atoms with Gasteiger partial charge in [-0.25, -0.2) is 0 Å². The van der Waals surface area contributed by atoms with Crippen LogP contribution in [-0.2, 0) is 14.3 Å². The van der Waals surface area contributed by atoms with Crippen molar-refractivity contribution in [2.45, 2.75) is 32.1 Å². The van der Waals surface area contributed by atoms with E-state index in [0.717, 1.165) is 12.8 Å². The van der Waals surface area contributed by atoms with E-state index in [1.54, 1.807) is 7.11 Å². The average molecular weight is 348 g/mol. The number of nitrogens with one attached hydrogen (secondary N) is 1. The van der Waals surface area contributed by atoms with Crippen molar-refractivity contribution in [3.63, 3.8) is 0 Å². The third-order valence-electron chi connectivity index (χ3n) is 4.66. The van der Waals surface area contributed by atoms with Crippen LogP contribution in [0.2, 0.25) is 0 Å². The lowest BCUT2D eigenvalue weighted by molar-refractivity contribution is -0.142. The van der Waals surface area contributed by atoms with Crippen molar-refractivity contribution in [3.05, 3.63) is 0 Å². The van der Waals surface area contributed by atoms with Crippen LogP contribution in [0.1, 0.15) is 32.1 Å². The first-order valence-corrected chi connectivity index (χ1v) is 8.48. The number of ether oxygens (including phenoxy) is 1. The van der Waals surface area contributed by atoms with Gasteiger partial charge in [-0.2, -0.15) is 0 Å². The van der Waals surface area contributed by atoms with Gasteiger partial charge in [-0.3, -0.25) is 9.59 Å². The fraction of sp³-hybridized carbons (Fsp3) is 0.875. The molecule has 0 aromatic heterocycles. The van der Waals surface area contributed by atoms with Gasteiger partial charge in [0.2, 0.25) is 11.8 Å². The van der Waals surface area contributed by atoms with Crippen molar-refractivity contribution in [1.82, 2.24) is 15.1 Å². The van der Waals surface area contributed by atoms with Crippen molar-refractivity contribution < 1.29 is 14.3 Å². The van der Waals surface area contributed by atoms with Crippen molar-refractivity contribution in [3.8, 4) is 0 Å². The van der Waals surface area contributed by atoms with Crippen LogP contribution in [0, 0.1) is 5.92 Å². The van der Waals surface area contributed by atoms with Gasteiger partial charge in [0.05, 0.1) is 13.2 Å². The predicted octanol–water partition coefficient (Wildman–Crippen LogP) is 0.895. The average Bonchev–Trinajstić information content (AvgIpc) is 2.59. The van der Waals surface area contributed by atoms with Crippen molar-refractivity contribution in [2.24, 2.45) is 5.92 Å². The number of piperazine rings is 1. The number of carbonyl (C=O) groups excluding carboxylic acids is 2. The molecule has 0 aromatic carbocycles. The lowest BCUT2D eigenvalue weighted by atomic mass is 9.88. The molecule has 2 rings (SSSR count). The Hall–Kier alpha value is -0.850. The molecule has 23 heavy (non-hydrogen) atoms. The summed E-state index contributed by atoms with van der Waals surface area (Å²) in [5.41, 5.74) is 0. The maximum absolute atomic E-state index is 12.5. The second-order valence-corrected chi connectivity index (χ2v) is 6.21. The monoisotopic (exact) mass is 347 g/mol. The van der Waals surface area contributed by atoms with E-state index in [9.17, 15) is 9.59 Å². The van der Waals surface area contributed by atoms with Gasteiger partial charge in [0.1, 0.15) is 0 Å². The summed E-state index contributed by atoms with van der Waals surface area (Å²) in [5, 5.41) is 3.07. The molecule has 1 heterocycles. The Balaban J connectivity index is 0.00000264. The highest BCUT2D eigenvalue weighted by Crippen LogP contribution is 2.25. The Morgan fingerprint density at radius 2 is 1.65 bits per heavy atom. The van der Waals surface area contributed by atoms with Crippen LogP contribution in [0.4, 0.5) is 0 Å². The minimum atomic E-state index is 0. The highest BCUT2D eigenvalue weighted by molar-refractivity contribution is 5.85. The summed E-state index contributed by atoms with van der Waals surface area (Å²) in [4.78, 5) is 28.3. The van der Waals surface area contributed by atoms with Crippen molar-refractivity contribution in [2.75, 3.05) is 53.0 Å². The van der Waals surface area contributed by atoms with E-state index in [1.165, 1.54) is 19.3 Å². The van der Waals surface area contributed by atoms with Crippen LogP contribution < -0.4 is 5.32 Å². The summed E-state index contributed by atoms with van der Waals surface area (Å²) in [6.45, 7) is 4.31. The molecule has 0 atom stereocenters. The highest BCUT2D eigenvalue weighted by Gasteiger charge is 2.29.